The number of aryl methyl sites for hydroxylation is 2. The molecule has 25 heavy (non-hydrogen) atoms. The molecule has 0 saturated heterocycles. The number of amides is 1. The summed E-state index contributed by atoms with van der Waals surface area (Å²) < 4.78 is 34.0. The quantitative estimate of drug-likeness (QED) is 0.721. The number of Topliss-reactive ketones (excluding diaryl/α,β-unsaturated/α-hetero) is 1. The van der Waals surface area contributed by atoms with Gasteiger partial charge in [0.25, 0.3) is 0 Å². The fourth-order valence-electron chi connectivity index (χ4n) is 2.25. The molecule has 134 valence electrons. The Labute approximate surface area is 147 Å². The van der Waals surface area contributed by atoms with E-state index >= 15 is 0 Å². The SMILES string of the molecule is CC(=O)c1cc(CCC(=O)Nc2ccc(OC(F)F)c(Cl)c2)oc1C. The van der Waals surface area contributed by atoms with Crippen LogP contribution in [-0.4, -0.2) is 18.3 Å². The first-order valence-corrected chi connectivity index (χ1v) is 7.78. The first-order valence-electron chi connectivity index (χ1n) is 7.40. The highest BCUT2D eigenvalue weighted by Crippen LogP contribution is 2.29. The van der Waals surface area contributed by atoms with Crippen LogP contribution in [0, 0.1) is 6.92 Å². The van der Waals surface area contributed by atoms with Crippen molar-refractivity contribution in [2.24, 2.45) is 0 Å². The average Bonchev–Trinajstić information content (AvgIpc) is 2.89. The maximum absolute atomic E-state index is 12.2. The predicted octanol–water partition coefficient (Wildman–Crippen LogP) is 4.62. The highest BCUT2D eigenvalue weighted by molar-refractivity contribution is 6.32. The molecule has 0 aliphatic rings. The fraction of sp³-hybridized carbons (Fsp3) is 0.294. The summed E-state index contributed by atoms with van der Waals surface area (Å²) in [4.78, 5) is 23.3. The molecule has 0 aliphatic carbocycles. The fourth-order valence-corrected chi connectivity index (χ4v) is 2.47. The van der Waals surface area contributed by atoms with Crippen molar-refractivity contribution in [3.05, 3.63) is 46.4 Å². The maximum atomic E-state index is 12.2. The second kappa shape index (κ2) is 8.11. The number of nitrogens with one attached hydrogen (secondary N) is 1. The smallest absolute Gasteiger partial charge is 0.387 e. The Kier molecular flexibility index (Phi) is 6.14. The van der Waals surface area contributed by atoms with Gasteiger partial charge in [0.1, 0.15) is 17.3 Å². The molecule has 0 saturated carbocycles. The van der Waals surface area contributed by atoms with E-state index in [4.69, 9.17) is 16.0 Å². The van der Waals surface area contributed by atoms with Crippen LogP contribution < -0.4 is 10.1 Å². The van der Waals surface area contributed by atoms with E-state index < -0.39 is 6.61 Å². The molecule has 0 radical (unpaired) electrons. The van der Waals surface area contributed by atoms with Crippen LogP contribution in [0.2, 0.25) is 5.02 Å². The Balaban J connectivity index is 1.93. The van der Waals surface area contributed by atoms with Crippen LogP contribution in [0.3, 0.4) is 0 Å². The Hall–Kier alpha value is -2.41. The Bertz CT molecular complexity index is 789. The molecule has 0 spiro atoms. The summed E-state index contributed by atoms with van der Waals surface area (Å²) in [6.45, 7) is 0.153. The molecular weight excluding hydrogens is 356 g/mol. The molecule has 1 aromatic heterocycles. The molecule has 0 unspecified atom stereocenters. The maximum Gasteiger partial charge on any atom is 0.387 e. The Morgan fingerprint density at radius 1 is 1.32 bits per heavy atom. The van der Waals surface area contributed by atoms with Crippen molar-refractivity contribution < 1.29 is 27.5 Å². The van der Waals surface area contributed by atoms with E-state index in [0.717, 1.165) is 0 Å². The van der Waals surface area contributed by atoms with Crippen LogP contribution >= 0.6 is 11.6 Å². The molecule has 1 N–H and O–H groups in total. The van der Waals surface area contributed by atoms with E-state index in [1.54, 1.807) is 13.0 Å². The summed E-state index contributed by atoms with van der Waals surface area (Å²) in [6, 6.07) is 5.60. The van der Waals surface area contributed by atoms with Crippen LogP contribution in [0.1, 0.15) is 35.2 Å². The lowest BCUT2D eigenvalue weighted by atomic mass is 10.1. The second-order valence-electron chi connectivity index (χ2n) is 5.31. The number of rotatable bonds is 7. The minimum Gasteiger partial charge on any atom is -0.466 e. The lowest BCUT2D eigenvalue weighted by Gasteiger charge is -2.09. The summed E-state index contributed by atoms with van der Waals surface area (Å²) in [7, 11) is 0. The standard InChI is InChI=1S/C17H16ClF2NO4/c1-9(22)13-8-12(24-10(13)2)4-6-16(23)21-11-3-5-15(14(18)7-11)25-17(19)20/h3,5,7-8,17H,4,6H2,1-2H3,(H,21,23). The number of anilines is 1. The van der Waals surface area contributed by atoms with Crippen molar-refractivity contribution in [3.8, 4) is 5.75 Å². The van der Waals surface area contributed by atoms with Gasteiger partial charge in [0.05, 0.1) is 10.6 Å². The number of hydrogen-bond acceptors (Lipinski definition) is 4. The first kappa shape index (κ1) is 18.9. The van der Waals surface area contributed by atoms with Crippen LogP contribution in [0.25, 0.3) is 0 Å². The predicted molar refractivity (Wildman–Crippen MR) is 88.5 cm³/mol. The molecule has 0 aliphatic heterocycles. The summed E-state index contributed by atoms with van der Waals surface area (Å²) in [5.41, 5.74) is 0.855. The number of ether oxygens (including phenoxy) is 1. The third kappa shape index (κ3) is 5.29. The number of hydrogen-bond donors (Lipinski definition) is 1. The summed E-state index contributed by atoms with van der Waals surface area (Å²) in [5, 5.41) is 2.57. The normalized spacial score (nSPS) is 10.8. The zero-order valence-corrected chi connectivity index (χ0v) is 14.3. The molecule has 8 heteroatoms. The number of ketones is 1. The molecule has 1 heterocycles. The number of furan rings is 1. The van der Waals surface area contributed by atoms with Gasteiger partial charge in [-0.15, -0.1) is 0 Å². The molecule has 2 aromatic rings. The van der Waals surface area contributed by atoms with Gasteiger partial charge in [-0.2, -0.15) is 8.78 Å². The molecule has 1 amide bonds. The molecule has 5 nitrogen and oxygen atoms in total. The molecule has 0 fully saturated rings. The Morgan fingerprint density at radius 3 is 2.60 bits per heavy atom. The third-order valence-corrected chi connectivity index (χ3v) is 3.67. The van der Waals surface area contributed by atoms with Crippen molar-refractivity contribution >= 4 is 29.0 Å². The van der Waals surface area contributed by atoms with Crippen LogP contribution in [0.4, 0.5) is 14.5 Å². The lowest BCUT2D eigenvalue weighted by Crippen LogP contribution is -2.12. The minimum atomic E-state index is -2.98. The van der Waals surface area contributed by atoms with Crippen LogP contribution in [0.15, 0.2) is 28.7 Å². The van der Waals surface area contributed by atoms with Gasteiger partial charge >= 0.3 is 6.61 Å². The van der Waals surface area contributed by atoms with Gasteiger partial charge in [0.15, 0.2) is 5.78 Å². The number of carbonyl (C=O) groups excluding carboxylic acids is 2. The minimum absolute atomic E-state index is 0.0362. The van der Waals surface area contributed by atoms with E-state index in [1.165, 1.54) is 25.1 Å². The average molecular weight is 372 g/mol. The van der Waals surface area contributed by atoms with Crippen LogP contribution in [-0.2, 0) is 11.2 Å². The molecule has 0 bridgehead atoms. The van der Waals surface area contributed by atoms with Crippen molar-refractivity contribution in [1.82, 2.24) is 0 Å². The molecule has 1 aromatic carbocycles. The summed E-state index contributed by atoms with van der Waals surface area (Å²) >= 11 is 5.82. The van der Waals surface area contributed by atoms with Gasteiger partial charge < -0.3 is 14.5 Å². The van der Waals surface area contributed by atoms with E-state index in [0.29, 0.717) is 29.2 Å². The van der Waals surface area contributed by atoms with E-state index in [9.17, 15) is 18.4 Å². The molecular formula is C17H16ClF2NO4. The lowest BCUT2D eigenvalue weighted by molar-refractivity contribution is -0.116. The number of alkyl halides is 2. The van der Waals surface area contributed by atoms with E-state index in [2.05, 4.69) is 10.1 Å². The van der Waals surface area contributed by atoms with Gasteiger partial charge in [-0.3, -0.25) is 9.59 Å². The Morgan fingerprint density at radius 2 is 2.04 bits per heavy atom. The molecule has 0 atom stereocenters. The highest BCUT2D eigenvalue weighted by atomic mass is 35.5. The summed E-state index contributed by atoms with van der Waals surface area (Å²) in [6.07, 6.45) is 0.442. The van der Waals surface area contributed by atoms with Gasteiger partial charge in [-0.05, 0) is 38.1 Å². The zero-order valence-electron chi connectivity index (χ0n) is 13.6. The molecule has 2 rings (SSSR count). The third-order valence-electron chi connectivity index (χ3n) is 3.38. The van der Waals surface area contributed by atoms with Crippen molar-refractivity contribution in [2.75, 3.05) is 5.32 Å². The second-order valence-corrected chi connectivity index (χ2v) is 5.72. The zero-order chi connectivity index (χ0) is 18.6. The first-order chi connectivity index (χ1) is 11.8. The largest absolute Gasteiger partial charge is 0.466 e. The topological polar surface area (TPSA) is 68.5 Å². The van der Waals surface area contributed by atoms with Gasteiger partial charge in [0, 0.05) is 18.5 Å². The van der Waals surface area contributed by atoms with Gasteiger partial charge in [-0.1, -0.05) is 11.6 Å². The summed E-state index contributed by atoms with van der Waals surface area (Å²) in [5.74, 6) is 0.480. The highest BCUT2D eigenvalue weighted by Gasteiger charge is 2.13. The van der Waals surface area contributed by atoms with Crippen molar-refractivity contribution in [3.63, 3.8) is 0 Å². The number of halogens is 3. The van der Waals surface area contributed by atoms with Crippen molar-refractivity contribution in [2.45, 2.75) is 33.3 Å². The van der Waals surface area contributed by atoms with E-state index in [1.807, 2.05) is 0 Å². The van der Waals surface area contributed by atoms with E-state index in [-0.39, 0.29) is 28.9 Å². The van der Waals surface area contributed by atoms with Gasteiger partial charge in [-0.25, -0.2) is 0 Å². The number of carbonyl (C=O) groups is 2. The van der Waals surface area contributed by atoms with Crippen LogP contribution in [0.5, 0.6) is 5.75 Å². The van der Waals surface area contributed by atoms with Crippen molar-refractivity contribution in [1.29, 1.82) is 0 Å². The number of benzene rings is 1. The monoisotopic (exact) mass is 371 g/mol. The van der Waals surface area contributed by atoms with Gasteiger partial charge in [0.2, 0.25) is 5.91 Å².